The molecule has 0 aromatic carbocycles. The van der Waals surface area contributed by atoms with Crippen LogP contribution < -0.4 is 15.5 Å². The Labute approximate surface area is 139 Å². The van der Waals surface area contributed by atoms with Crippen LogP contribution in [0.15, 0.2) is 11.2 Å². The van der Waals surface area contributed by atoms with Gasteiger partial charge in [-0.25, -0.2) is 4.98 Å². The average Bonchev–Trinajstić information content (AvgIpc) is 2.87. The van der Waals surface area contributed by atoms with Gasteiger partial charge in [-0.3, -0.25) is 4.99 Å². The predicted octanol–water partition coefficient (Wildman–Crippen LogP) is 0.965. The predicted molar refractivity (Wildman–Crippen MR) is 93.9 cm³/mol. The van der Waals surface area contributed by atoms with E-state index in [2.05, 4.69) is 39.0 Å². The van der Waals surface area contributed by atoms with Crippen molar-refractivity contribution < 1.29 is 4.74 Å². The molecule has 0 saturated heterocycles. The lowest BCUT2D eigenvalue weighted by atomic mass is 9.64. The number of anilines is 1. The number of rotatable bonds is 5. The topological polar surface area (TPSA) is 66.7 Å². The van der Waals surface area contributed by atoms with E-state index in [4.69, 9.17) is 4.74 Å². The molecule has 0 aliphatic heterocycles. The zero-order chi connectivity index (χ0) is 17.2. The van der Waals surface area contributed by atoms with Crippen LogP contribution in [0.2, 0.25) is 0 Å². The molecule has 7 nitrogen and oxygen atoms in total. The van der Waals surface area contributed by atoms with Gasteiger partial charge in [0.1, 0.15) is 0 Å². The van der Waals surface area contributed by atoms with Crippen molar-refractivity contribution in [2.24, 2.45) is 17.5 Å². The Morgan fingerprint density at radius 3 is 2.70 bits per heavy atom. The summed E-state index contributed by atoms with van der Waals surface area (Å²) in [6.45, 7) is 5.12. The minimum Gasteiger partial charge on any atom is -0.381 e. The number of aromatic nitrogens is 2. The highest BCUT2D eigenvalue weighted by atomic mass is 16.5. The molecule has 0 radical (unpaired) electrons. The maximum atomic E-state index is 5.50. The molecule has 1 aromatic rings. The van der Waals surface area contributed by atoms with Crippen molar-refractivity contribution in [3.05, 3.63) is 11.9 Å². The molecule has 2 N–H and O–H groups in total. The lowest BCUT2D eigenvalue weighted by molar-refractivity contribution is -0.0922. The van der Waals surface area contributed by atoms with Gasteiger partial charge >= 0.3 is 0 Å². The summed E-state index contributed by atoms with van der Waals surface area (Å²) in [4.78, 5) is 10.7. The molecule has 1 aliphatic carbocycles. The van der Waals surface area contributed by atoms with Crippen molar-refractivity contribution in [3.8, 4) is 0 Å². The monoisotopic (exact) mass is 322 g/mol. The number of hydrogen-bond donors (Lipinski definition) is 2. The molecule has 0 spiro atoms. The minimum absolute atomic E-state index is 0.108. The van der Waals surface area contributed by atoms with Crippen molar-refractivity contribution in [2.45, 2.75) is 39.0 Å². The maximum absolute atomic E-state index is 5.50. The highest BCUT2D eigenvalue weighted by Gasteiger charge is 2.48. The molecule has 1 saturated carbocycles. The molecule has 0 amide bonds. The molecule has 2 unspecified atom stereocenters. The van der Waals surface area contributed by atoms with Crippen molar-refractivity contribution in [2.75, 3.05) is 33.2 Å². The van der Waals surface area contributed by atoms with Crippen molar-refractivity contribution in [1.29, 1.82) is 0 Å². The third-order valence-electron chi connectivity index (χ3n) is 4.89. The van der Waals surface area contributed by atoms with Gasteiger partial charge in [-0.15, -0.1) is 0 Å². The molecule has 1 heterocycles. The Balaban J connectivity index is 1.92. The average molecular weight is 322 g/mol. The molecule has 0 bridgehead atoms. The van der Waals surface area contributed by atoms with E-state index in [-0.39, 0.29) is 5.41 Å². The number of aliphatic imine (C=N–C) groups is 1. The van der Waals surface area contributed by atoms with Crippen LogP contribution in [0.5, 0.6) is 0 Å². The Kier molecular flexibility index (Phi) is 5.19. The van der Waals surface area contributed by atoms with Crippen LogP contribution in [0.1, 0.15) is 26.0 Å². The Morgan fingerprint density at radius 1 is 1.52 bits per heavy atom. The molecule has 2 atom stereocenters. The van der Waals surface area contributed by atoms with Crippen LogP contribution >= 0.6 is 0 Å². The van der Waals surface area contributed by atoms with Gasteiger partial charge in [0.05, 0.1) is 24.5 Å². The van der Waals surface area contributed by atoms with Crippen LogP contribution in [0.25, 0.3) is 0 Å². The van der Waals surface area contributed by atoms with Crippen LogP contribution in [0.4, 0.5) is 5.95 Å². The second-order valence-electron chi connectivity index (χ2n) is 6.91. The number of ether oxygens (including phenoxy) is 1. The molecule has 23 heavy (non-hydrogen) atoms. The maximum Gasteiger partial charge on any atom is 0.204 e. The Morgan fingerprint density at radius 2 is 2.22 bits per heavy atom. The van der Waals surface area contributed by atoms with Gasteiger partial charge < -0.3 is 24.8 Å². The van der Waals surface area contributed by atoms with Gasteiger partial charge in [-0.2, -0.15) is 0 Å². The first-order valence-corrected chi connectivity index (χ1v) is 7.99. The van der Waals surface area contributed by atoms with E-state index in [9.17, 15) is 0 Å². The first-order valence-electron chi connectivity index (χ1n) is 7.99. The molecule has 2 rings (SSSR count). The van der Waals surface area contributed by atoms with Gasteiger partial charge in [0, 0.05) is 46.8 Å². The molecule has 1 aromatic heterocycles. The summed E-state index contributed by atoms with van der Waals surface area (Å²) in [6.07, 6.45) is 3.20. The molecule has 130 valence electrons. The first-order chi connectivity index (χ1) is 10.8. The molecule has 7 heteroatoms. The van der Waals surface area contributed by atoms with E-state index in [0.717, 1.165) is 24.0 Å². The van der Waals surface area contributed by atoms with E-state index >= 15 is 0 Å². The highest BCUT2D eigenvalue weighted by Crippen LogP contribution is 2.42. The fourth-order valence-electron chi connectivity index (χ4n) is 3.08. The summed E-state index contributed by atoms with van der Waals surface area (Å²) in [6, 6.07) is 0.363. The summed E-state index contributed by atoms with van der Waals surface area (Å²) >= 11 is 0. The summed E-state index contributed by atoms with van der Waals surface area (Å²) in [5.41, 5.74) is 1.22. The lowest BCUT2D eigenvalue weighted by Gasteiger charge is -2.51. The number of guanidine groups is 1. The largest absolute Gasteiger partial charge is 0.381 e. The normalized spacial score (nSPS) is 23.3. The van der Waals surface area contributed by atoms with E-state index < -0.39 is 0 Å². The lowest BCUT2D eigenvalue weighted by Crippen LogP contribution is -2.63. The third-order valence-corrected chi connectivity index (χ3v) is 4.89. The van der Waals surface area contributed by atoms with E-state index in [1.807, 2.05) is 32.2 Å². The van der Waals surface area contributed by atoms with Crippen molar-refractivity contribution >= 4 is 11.9 Å². The molecular weight excluding hydrogens is 292 g/mol. The second kappa shape index (κ2) is 6.78. The quantitative estimate of drug-likeness (QED) is 0.624. The minimum atomic E-state index is 0.108. The second-order valence-corrected chi connectivity index (χ2v) is 6.91. The number of imidazole rings is 1. The fraction of sp³-hybridized carbons (Fsp3) is 0.750. The molecule has 1 fully saturated rings. The van der Waals surface area contributed by atoms with Crippen LogP contribution in [-0.4, -0.2) is 55.9 Å². The van der Waals surface area contributed by atoms with Gasteiger partial charge in [0.15, 0.2) is 5.96 Å². The molecular formula is C16H30N6O. The summed E-state index contributed by atoms with van der Waals surface area (Å²) < 4.78 is 7.58. The fourth-order valence-corrected chi connectivity index (χ4v) is 3.08. The van der Waals surface area contributed by atoms with E-state index in [1.165, 1.54) is 0 Å². The Bertz CT molecular complexity index is 563. The van der Waals surface area contributed by atoms with Gasteiger partial charge in [-0.1, -0.05) is 13.8 Å². The van der Waals surface area contributed by atoms with Gasteiger partial charge in [0.2, 0.25) is 5.95 Å². The SMILES string of the molecule is CN=C(NCc1cnc(N(C)C)n1C)NC1CC(OC)C1(C)C. The van der Waals surface area contributed by atoms with Crippen LogP contribution in [0, 0.1) is 5.41 Å². The number of methoxy groups -OCH3 is 1. The van der Waals surface area contributed by atoms with E-state index in [0.29, 0.717) is 18.7 Å². The summed E-state index contributed by atoms with van der Waals surface area (Å²) in [5.74, 6) is 1.75. The summed E-state index contributed by atoms with van der Waals surface area (Å²) in [7, 11) is 9.58. The zero-order valence-corrected chi connectivity index (χ0v) is 15.3. The van der Waals surface area contributed by atoms with Crippen molar-refractivity contribution in [1.82, 2.24) is 20.2 Å². The first kappa shape index (κ1) is 17.6. The number of nitrogens with zero attached hydrogens (tertiary/aromatic N) is 4. The van der Waals surface area contributed by atoms with Crippen LogP contribution in [-0.2, 0) is 18.3 Å². The standard InChI is InChI=1S/C16H30N6O/c1-16(2)12(8-13(16)23-7)20-14(17-3)18-9-11-10-19-15(21(4)5)22(11)6/h10,12-13H,8-9H2,1-7H3,(H2,17,18,20). The Hall–Kier alpha value is -1.76. The smallest absolute Gasteiger partial charge is 0.204 e. The van der Waals surface area contributed by atoms with E-state index in [1.54, 1.807) is 14.2 Å². The number of hydrogen-bond acceptors (Lipinski definition) is 4. The zero-order valence-electron chi connectivity index (χ0n) is 15.3. The highest BCUT2D eigenvalue weighted by molar-refractivity contribution is 5.80. The molecule has 1 aliphatic rings. The number of nitrogens with one attached hydrogen (secondary N) is 2. The van der Waals surface area contributed by atoms with Crippen LogP contribution in [0.3, 0.4) is 0 Å². The summed E-state index contributed by atoms with van der Waals surface area (Å²) in [5, 5.41) is 6.86. The van der Waals surface area contributed by atoms with Gasteiger partial charge in [-0.05, 0) is 6.42 Å². The third kappa shape index (κ3) is 3.44. The van der Waals surface area contributed by atoms with Crippen molar-refractivity contribution in [3.63, 3.8) is 0 Å². The van der Waals surface area contributed by atoms with Gasteiger partial charge in [0.25, 0.3) is 0 Å².